The SMILES string of the molecule is FC(F)c1nc(Cl)c(Cl)c(Cl)n1. The first-order valence-electron chi connectivity index (χ1n) is 2.69. The van der Waals surface area contributed by atoms with E-state index in [4.69, 9.17) is 34.8 Å². The van der Waals surface area contributed by atoms with Gasteiger partial charge >= 0.3 is 0 Å². The summed E-state index contributed by atoms with van der Waals surface area (Å²) in [5, 5.41) is -0.665. The molecule has 2 nitrogen and oxygen atoms in total. The van der Waals surface area contributed by atoms with Crippen LogP contribution in [0.5, 0.6) is 0 Å². The van der Waals surface area contributed by atoms with Crippen LogP contribution in [0.15, 0.2) is 0 Å². The standard InChI is InChI=1S/C5HCl3F2N2/c6-1-2(7)11-5(4(9)10)12-3(1)8/h4H. The molecule has 7 heteroatoms. The third-order valence-electron chi connectivity index (χ3n) is 0.983. The van der Waals surface area contributed by atoms with Gasteiger partial charge in [-0.25, -0.2) is 18.7 Å². The molecule has 0 bridgehead atoms. The van der Waals surface area contributed by atoms with Gasteiger partial charge in [0.15, 0.2) is 16.1 Å². The van der Waals surface area contributed by atoms with E-state index in [1.54, 1.807) is 0 Å². The van der Waals surface area contributed by atoms with Gasteiger partial charge < -0.3 is 0 Å². The lowest BCUT2D eigenvalue weighted by Gasteiger charge is -2.01. The van der Waals surface area contributed by atoms with Crippen molar-refractivity contribution in [3.8, 4) is 0 Å². The minimum absolute atomic E-state index is 0.122. The highest BCUT2D eigenvalue weighted by molar-refractivity contribution is 6.46. The van der Waals surface area contributed by atoms with Gasteiger partial charge in [-0.2, -0.15) is 0 Å². The second kappa shape index (κ2) is 3.68. The van der Waals surface area contributed by atoms with Crippen LogP contribution in [0.1, 0.15) is 12.2 Å². The Bertz CT molecular complexity index is 282. The zero-order valence-electron chi connectivity index (χ0n) is 5.36. The smallest absolute Gasteiger partial charge is 0.214 e. The quantitative estimate of drug-likeness (QED) is 0.695. The lowest BCUT2D eigenvalue weighted by molar-refractivity contribution is 0.140. The molecule has 0 aliphatic carbocycles. The third kappa shape index (κ3) is 1.94. The van der Waals surface area contributed by atoms with Gasteiger partial charge in [-0.15, -0.1) is 0 Å². The average Bonchev–Trinajstić information content (AvgIpc) is 1.99. The molecule has 0 radical (unpaired) electrons. The lowest BCUT2D eigenvalue weighted by Crippen LogP contribution is -1.96. The number of hydrogen-bond donors (Lipinski definition) is 0. The van der Waals surface area contributed by atoms with Crippen molar-refractivity contribution in [1.82, 2.24) is 9.97 Å². The van der Waals surface area contributed by atoms with E-state index in [9.17, 15) is 8.78 Å². The van der Waals surface area contributed by atoms with Gasteiger partial charge in [0.25, 0.3) is 6.43 Å². The predicted molar refractivity (Wildman–Crippen MR) is 42.0 cm³/mol. The summed E-state index contributed by atoms with van der Waals surface area (Å²) in [5.41, 5.74) is 0. The molecular weight excluding hydrogens is 232 g/mol. The van der Waals surface area contributed by atoms with Gasteiger partial charge in [0.2, 0.25) is 0 Å². The van der Waals surface area contributed by atoms with E-state index in [-0.39, 0.29) is 15.3 Å². The largest absolute Gasteiger partial charge is 0.297 e. The molecule has 1 rings (SSSR count). The molecular formula is C5HCl3F2N2. The minimum atomic E-state index is -2.81. The van der Waals surface area contributed by atoms with Crippen LogP contribution in [0.2, 0.25) is 15.3 Å². The maximum Gasteiger partial charge on any atom is 0.297 e. The number of rotatable bonds is 1. The van der Waals surface area contributed by atoms with E-state index in [0.29, 0.717) is 0 Å². The minimum Gasteiger partial charge on any atom is -0.214 e. The summed E-state index contributed by atoms with van der Waals surface area (Å²) < 4.78 is 23.9. The summed E-state index contributed by atoms with van der Waals surface area (Å²) in [4.78, 5) is 6.44. The maximum absolute atomic E-state index is 12.0. The van der Waals surface area contributed by atoms with E-state index >= 15 is 0 Å². The van der Waals surface area contributed by atoms with Gasteiger partial charge in [0.1, 0.15) is 5.02 Å². The molecule has 0 unspecified atom stereocenters. The second-order valence-corrected chi connectivity index (χ2v) is 2.87. The zero-order valence-corrected chi connectivity index (χ0v) is 7.63. The monoisotopic (exact) mass is 232 g/mol. The first kappa shape index (κ1) is 9.89. The summed E-state index contributed by atoms with van der Waals surface area (Å²) in [7, 11) is 0. The molecule has 0 fully saturated rings. The molecule has 0 aliphatic rings. The van der Waals surface area contributed by atoms with E-state index in [0.717, 1.165) is 0 Å². The Morgan fingerprint density at radius 2 is 1.42 bits per heavy atom. The Morgan fingerprint density at radius 3 is 1.75 bits per heavy atom. The van der Waals surface area contributed by atoms with Gasteiger partial charge in [0.05, 0.1) is 0 Å². The van der Waals surface area contributed by atoms with Crippen molar-refractivity contribution in [2.45, 2.75) is 6.43 Å². The number of alkyl halides is 2. The molecule has 0 atom stereocenters. The normalized spacial score (nSPS) is 10.8. The molecule has 0 saturated carbocycles. The van der Waals surface area contributed by atoms with Crippen molar-refractivity contribution in [2.24, 2.45) is 0 Å². The number of nitrogens with zero attached hydrogens (tertiary/aromatic N) is 2. The summed E-state index contributed by atoms with van der Waals surface area (Å²) in [5.74, 6) is -0.727. The van der Waals surface area contributed by atoms with Crippen LogP contribution in [0, 0.1) is 0 Å². The summed E-state index contributed by atoms with van der Waals surface area (Å²) in [6, 6.07) is 0. The van der Waals surface area contributed by atoms with Gasteiger partial charge in [-0.1, -0.05) is 34.8 Å². The highest BCUT2D eigenvalue weighted by atomic mass is 35.5. The van der Waals surface area contributed by atoms with Gasteiger partial charge in [0, 0.05) is 0 Å². The van der Waals surface area contributed by atoms with Crippen LogP contribution in [-0.4, -0.2) is 9.97 Å². The van der Waals surface area contributed by atoms with E-state index in [1.807, 2.05) is 0 Å². The molecule has 66 valence electrons. The average molecular weight is 233 g/mol. The van der Waals surface area contributed by atoms with Crippen LogP contribution in [0.4, 0.5) is 8.78 Å². The molecule has 1 heterocycles. The Labute approximate surface area is 81.5 Å². The van der Waals surface area contributed by atoms with E-state index in [2.05, 4.69) is 9.97 Å². The van der Waals surface area contributed by atoms with Crippen LogP contribution in [0.3, 0.4) is 0 Å². The number of hydrogen-bond acceptors (Lipinski definition) is 2. The van der Waals surface area contributed by atoms with Crippen molar-refractivity contribution < 1.29 is 8.78 Å². The van der Waals surface area contributed by atoms with E-state index < -0.39 is 12.2 Å². The number of halogens is 5. The van der Waals surface area contributed by atoms with Crippen molar-refractivity contribution in [1.29, 1.82) is 0 Å². The topological polar surface area (TPSA) is 25.8 Å². The fourth-order valence-corrected chi connectivity index (χ4v) is 0.992. The third-order valence-corrected chi connectivity index (χ3v) is 2.08. The van der Waals surface area contributed by atoms with Gasteiger partial charge in [-0.05, 0) is 0 Å². The maximum atomic E-state index is 12.0. The first-order chi connectivity index (χ1) is 5.52. The summed E-state index contributed by atoms with van der Waals surface area (Å²) in [6.07, 6.45) is -2.81. The van der Waals surface area contributed by atoms with Crippen molar-refractivity contribution in [2.75, 3.05) is 0 Å². The molecule has 0 saturated heterocycles. The van der Waals surface area contributed by atoms with Crippen molar-refractivity contribution in [3.63, 3.8) is 0 Å². The second-order valence-electron chi connectivity index (χ2n) is 1.78. The van der Waals surface area contributed by atoms with Crippen LogP contribution in [0.25, 0.3) is 0 Å². The lowest BCUT2D eigenvalue weighted by atomic mass is 10.6. The molecule has 0 amide bonds. The molecule has 0 aliphatic heterocycles. The Kier molecular flexibility index (Phi) is 3.04. The summed E-state index contributed by atoms with van der Waals surface area (Å²) in [6.45, 7) is 0. The highest BCUT2D eigenvalue weighted by Crippen LogP contribution is 2.28. The number of aromatic nitrogens is 2. The van der Waals surface area contributed by atoms with E-state index in [1.165, 1.54) is 0 Å². The Morgan fingerprint density at radius 1 is 1.00 bits per heavy atom. The van der Waals surface area contributed by atoms with Crippen molar-refractivity contribution >= 4 is 34.8 Å². The molecule has 1 aromatic heterocycles. The summed E-state index contributed by atoms with van der Waals surface area (Å²) >= 11 is 16.1. The van der Waals surface area contributed by atoms with Gasteiger partial charge in [-0.3, -0.25) is 0 Å². The molecule has 1 aromatic rings. The molecule has 0 aromatic carbocycles. The Hall–Kier alpha value is -0.190. The van der Waals surface area contributed by atoms with Crippen molar-refractivity contribution in [3.05, 3.63) is 21.2 Å². The molecule has 12 heavy (non-hydrogen) atoms. The molecule has 0 spiro atoms. The fraction of sp³-hybridized carbons (Fsp3) is 0.200. The highest BCUT2D eigenvalue weighted by Gasteiger charge is 2.15. The predicted octanol–water partition coefficient (Wildman–Crippen LogP) is 3.37. The van der Waals surface area contributed by atoms with Crippen LogP contribution in [-0.2, 0) is 0 Å². The van der Waals surface area contributed by atoms with Crippen LogP contribution < -0.4 is 0 Å². The fourth-order valence-electron chi connectivity index (χ4n) is 0.507. The molecule has 0 N–H and O–H groups in total. The van der Waals surface area contributed by atoms with Crippen LogP contribution >= 0.6 is 34.8 Å². The first-order valence-corrected chi connectivity index (χ1v) is 3.82. The Balaban J connectivity index is 3.21. The zero-order chi connectivity index (χ0) is 9.30.